The lowest BCUT2D eigenvalue weighted by atomic mass is 9.89. The van der Waals surface area contributed by atoms with Gasteiger partial charge in [0, 0.05) is 16.2 Å². The van der Waals surface area contributed by atoms with Crippen molar-refractivity contribution >= 4 is 46.0 Å². The van der Waals surface area contributed by atoms with Crippen LogP contribution in [0.5, 0.6) is 0 Å². The third-order valence-corrected chi connectivity index (χ3v) is 3.60. The molecule has 84 valence electrons. The van der Waals surface area contributed by atoms with E-state index in [1.807, 2.05) is 12.1 Å². The number of hydrogen-bond donors (Lipinski definition) is 0. The molecule has 18 heavy (non-hydrogen) atoms. The molecule has 0 aliphatic carbocycles. The fourth-order valence-electron chi connectivity index (χ4n) is 2.73. The third kappa shape index (κ3) is 1.18. The van der Waals surface area contributed by atoms with Gasteiger partial charge in [0.1, 0.15) is 19.0 Å². The second-order valence-corrected chi connectivity index (χ2v) is 4.71. The van der Waals surface area contributed by atoms with E-state index in [9.17, 15) is 0 Å². The summed E-state index contributed by atoms with van der Waals surface area (Å²) in [5.41, 5.74) is 3.23. The van der Waals surface area contributed by atoms with Gasteiger partial charge in [-0.3, -0.25) is 0 Å². The fraction of sp³-hybridized carbons (Fsp3) is 0. The molecule has 1 nitrogen and oxygen atoms in total. The van der Waals surface area contributed by atoms with E-state index in [0.717, 1.165) is 11.2 Å². The van der Waals surface area contributed by atoms with Crippen LogP contribution < -0.4 is 5.46 Å². The van der Waals surface area contributed by atoms with Gasteiger partial charge in [0.25, 0.3) is 0 Å². The summed E-state index contributed by atoms with van der Waals surface area (Å²) in [7, 11) is 2.13. The van der Waals surface area contributed by atoms with Crippen LogP contribution in [0.15, 0.2) is 59.0 Å². The molecule has 1 heterocycles. The highest BCUT2D eigenvalue weighted by atomic mass is 16.3. The molecule has 0 radical (unpaired) electrons. The van der Waals surface area contributed by atoms with Crippen LogP contribution in [0.2, 0.25) is 0 Å². The zero-order valence-corrected chi connectivity index (χ0v) is 10.1. The standard InChI is InChI=1S/C16H11BO/c17-13-6-3-4-10-8-9-12-11-5-1-2-7-14(11)18-16(12)15(10)13/h1-9H,17H2. The molecule has 0 bridgehead atoms. The monoisotopic (exact) mass is 230 g/mol. The molecule has 0 saturated heterocycles. The molecule has 4 rings (SSSR count). The van der Waals surface area contributed by atoms with E-state index in [-0.39, 0.29) is 0 Å². The van der Waals surface area contributed by atoms with Crippen LogP contribution in [0.25, 0.3) is 32.7 Å². The molecular weight excluding hydrogens is 219 g/mol. The molecule has 0 fully saturated rings. The lowest BCUT2D eigenvalue weighted by Crippen LogP contribution is -2.02. The summed E-state index contributed by atoms with van der Waals surface area (Å²) in [6, 6.07) is 18.9. The predicted molar refractivity (Wildman–Crippen MR) is 79.4 cm³/mol. The van der Waals surface area contributed by atoms with E-state index in [0.29, 0.717) is 0 Å². The minimum atomic E-state index is 0.961. The van der Waals surface area contributed by atoms with E-state index in [1.54, 1.807) is 0 Å². The van der Waals surface area contributed by atoms with Crippen molar-refractivity contribution in [1.82, 2.24) is 0 Å². The first-order valence-corrected chi connectivity index (χ1v) is 6.14. The summed E-state index contributed by atoms with van der Waals surface area (Å²) in [5.74, 6) is 0. The van der Waals surface area contributed by atoms with Gasteiger partial charge in [-0.25, -0.2) is 0 Å². The van der Waals surface area contributed by atoms with Crippen molar-refractivity contribution in [2.24, 2.45) is 0 Å². The normalized spacial score (nSPS) is 11.6. The van der Waals surface area contributed by atoms with Crippen LogP contribution in [0.4, 0.5) is 0 Å². The van der Waals surface area contributed by atoms with Crippen molar-refractivity contribution in [3.05, 3.63) is 54.6 Å². The molecule has 3 aromatic carbocycles. The van der Waals surface area contributed by atoms with Gasteiger partial charge < -0.3 is 4.42 Å². The molecule has 0 unspecified atom stereocenters. The first kappa shape index (κ1) is 9.78. The number of furan rings is 1. The lowest BCUT2D eigenvalue weighted by molar-refractivity contribution is 0.673. The summed E-state index contributed by atoms with van der Waals surface area (Å²) in [6.45, 7) is 0. The maximum absolute atomic E-state index is 6.05. The maximum Gasteiger partial charge on any atom is 0.142 e. The summed E-state index contributed by atoms with van der Waals surface area (Å²) in [6.07, 6.45) is 0. The fourth-order valence-corrected chi connectivity index (χ4v) is 2.73. The van der Waals surface area contributed by atoms with Gasteiger partial charge in [-0.15, -0.1) is 0 Å². The summed E-state index contributed by atoms with van der Waals surface area (Å²) in [5, 5.41) is 4.86. The zero-order chi connectivity index (χ0) is 12.1. The second kappa shape index (κ2) is 3.39. The largest absolute Gasteiger partial charge is 0.455 e. The first-order valence-electron chi connectivity index (χ1n) is 6.14. The van der Waals surface area contributed by atoms with E-state index in [2.05, 4.69) is 50.3 Å². The minimum Gasteiger partial charge on any atom is -0.455 e. The van der Waals surface area contributed by atoms with Gasteiger partial charge >= 0.3 is 0 Å². The number of para-hydroxylation sites is 1. The van der Waals surface area contributed by atoms with Crippen LogP contribution in [0.3, 0.4) is 0 Å². The van der Waals surface area contributed by atoms with Gasteiger partial charge in [0.05, 0.1) is 0 Å². The Hall–Kier alpha value is -2.22. The molecule has 0 saturated carbocycles. The van der Waals surface area contributed by atoms with Gasteiger partial charge in [0.15, 0.2) is 0 Å². The van der Waals surface area contributed by atoms with Crippen molar-refractivity contribution in [2.75, 3.05) is 0 Å². The van der Waals surface area contributed by atoms with Gasteiger partial charge in [0.2, 0.25) is 0 Å². The van der Waals surface area contributed by atoms with Crippen molar-refractivity contribution in [2.45, 2.75) is 0 Å². The Bertz CT molecular complexity index is 889. The highest BCUT2D eigenvalue weighted by Gasteiger charge is 2.10. The Morgan fingerprint density at radius 1 is 0.778 bits per heavy atom. The Kier molecular flexibility index (Phi) is 1.84. The molecule has 0 aliphatic rings. The Labute approximate surface area is 105 Å². The highest BCUT2D eigenvalue weighted by molar-refractivity contribution is 6.41. The summed E-state index contributed by atoms with van der Waals surface area (Å²) in [4.78, 5) is 0. The smallest absolute Gasteiger partial charge is 0.142 e. The second-order valence-electron chi connectivity index (χ2n) is 4.71. The van der Waals surface area contributed by atoms with Crippen LogP contribution >= 0.6 is 0 Å². The molecule has 2 heteroatoms. The average Bonchev–Trinajstić information content (AvgIpc) is 2.77. The van der Waals surface area contributed by atoms with Crippen LogP contribution in [0, 0.1) is 0 Å². The number of rotatable bonds is 0. The minimum absolute atomic E-state index is 0.961. The zero-order valence-electron chi connectivity index (χ0n) is 10.1. The van der Waals surface area contributed by atoms with Crippen molar-refractivity contribution in [1.29, 1.82) is 0 Å². The van der Waals surface area contributed by atoms with Crippen molar-refractivity contribution < 1.29 is 4.42 Å². The molecule has 0 atom stereocenters. The van der Waals surface area contributed by atoms with Crippen LogP contribution in [-0.4, -0.2) is 7.85 Å². The molecule has 1 aromatic heterocycles. The van der Waals surface area contributed by atoms with E-state index in [4.69, 9.17) is 4.42 Å². The van der Waals surface area contributed by atoms with Crippen LogP contribution in [0.1, 0.15) is 0 Å². The third-order valence-electron chi connectivity index (χ3n) is 3.60. The maximum atomic E-state index is 6.05. The van der Waals surface area contributed by atoms with Gasteiger partial charge in [-0.2, -0.15) is 0 Å². The highest BCUT2D eigenvalue weighted by Crippen LogP contribution is 2.32. The lowest BCUT2D eigenvalue weighted by Gasteiger charge is -2.02. The average molecular weight is 230 g/mol. The van der Waals surface area contributed by atoms with E-state index >= 15 is 0 Å². The Morgan fingerprint density at radius 3 is 2.61 bits per heavy atom. The number of fused-ring (bicyclic) bond motifs is 5. The van der Waals surface area contributed by atoms with Gasteiger partial charge in [-0.05, 0) is 17.5 Å². The van der Waals surface area contributed by atoms with Crippen LogP contribution in [-0.2, 0) is 0 Å². The Morgan fingerprint density at radius 2 is 1.67 bits per heavy atom. The number of hydrogen-bond acceptors (Lipinski definition) is 1. The SMILES string of the molecule is Bc1cccc2ccc3c4ccccc4oc3c12. The molecule has 0 N–H and O–H groups in total. The molecule has 4 aromatic rings. The molecule has 0 amide bonds. The van der Waals surface area contributed by atoms with Crippen molar-refractivity contribution in [3.63, 3.8) is 0 Å². The quantitative estimate of drug-likeness (QED) is 0.423. The summed E-state index contributed by atoms with van der Waals surface area (Å²) >= 11 is 0. The van der Waals surface area contributed by atoms with E-state index in [1.165, 1.54) is 27.0 Å². The van der Waals surface area contributed by atoms with Crippen molar-refractivity contribution in [3.8, 4) is 0 Å². The van der Waals surface area contributed by atoms with E-state index < -0.39 is 0 Å². The van der Waals surface area contributed by atoms with Gasteiger partial charge in [-0.1, -0.05) is 47.9 Å². The molecule has 0 aliphatic heterocycles. The Balaban J connectivity index is 2.35. The first-order chi connectivity index (χ1) is 8.84. The molecule has 0 spiro atoms. The topological polar surface area (TPSA) is 13.1 Å². The summed E-state index contributed by atoms with van der Waals surface area (Å²) < 4.78 is 6.05. The predicted octanol–water partition coefficient (Wildman–Crippen LogP) is 3.00. The molecular formula is C16H11BO. The number of benzene rings is 3.